The average molecular weight is 353 g/mol. The third-order valence-electron chi connectivity index (χ3n) is 3.90. The molecule has 0 aromatic heterocycles. The Morgan fingerprint density at radius 2 is 1.88 bits per heavy atom. The largest absolute Gasteiger partial charge is 0.335 e. The van der Waals surface area contributed by atoms with Gasteiger partial charge in [-0.25, -0.2) is 14.1 Å². The maximum Gasteiger partial charge on any atom is 0.335 e. The maximum absolute atomic E-state index is 12.9. The van der Waals surface area contributed by atoms with Gasteiger partial charge in [0, 0.05) is 6.21 Å². The lowest BCUT2D eigenvalue weighted by molar-refractivity contribution is -0.131. The van der Waals surface area contributed by atoms with Crippen LogP contribution in [0.25, 0.3) is 0 Å². The van der Waals surface area contributed by atoms with Crippen molar-refractivity contribution in [2.75, 3.05) is 4.90 Å². The number of imide groups is 2. The Labute approximate surface area is 149 Å². The molecule has 1 N–H and O–H groups in total. The monoisotopic (exact) mass is 353 g/mol. The summed E-state index contributed by atoms with van der Waals surface area (Å²) in [5.74, 6) is -2.93. The quantitative estimate of drug-likeness (QED) is 0.678. The predicted octanol–water partition coefficient (Wildman–Crippen LogP) is 2.60. The highest BCUT2D eigenvalue weighted by Crippen LogP contribution is 2.21. The number of amides is 4. The molecule has 0 saturated carbocycles. The Bertz CT molecular complexity index is 893. The maximum atomic E-state index is 12.9. The summed E-state index contributed by atoms with van der Waals surface area (Å²) in [5, 5.41) is 2.17. The highest BCUT2D eigenvalue weighted by molar-refractivity contribution is 6.32. The van der Waals surface area contributed by atoms with Gasteiger partial charge in [0.15, 0.2) is 5.92 Å². The van der Waals surface area contributed by atoms with Crippen LogP contribution in [0.1, 0.15) is 11.1 Å². The van der Waals surface area contributed by atoms with Crippen LogP contribution in [-0.4, -0.2) is 24.1 Å². The van der Waals surface area contributed by atoms with E-state index >= 15 is 0 Å². The van der Waals surface area contributed by atoms with Gasteiger partial charge in [-0.3, -0.25) is 19.9 Å². The molecule has 1 aliphatic heterocycles. The number of urea groups is 1. The molecule has 1 saturated heterocycles. The normalized spacial score (nSPS) is 17.7. The highest BCUT2D eigenvalue weighted by atomic mass is 19.1. The molecule has 0 bridgehead atoms. The van der Waals surface area contributed by atoms with E-state index in [1.807, 2.05) is 13.0 Å². The predicted molar refractivity (Wildman–Crippen MR) is 94.3 cm³/mol. The Balaban J connectivity index is 1.79. The van der Waals surface area contributed by atoms with Crippen molar-refractivity contribution in [1.29, 1.82) is 0 Å². The molecule has 1 atom stereocenters. The Morgan fingerprint density at radius 3 is 2.58 bits per heavy atom. The molecule has 7 heteroatoms. The Morgan fingerprint density at radius 1 is 1.15 bits per heavy atom. The first-order valence-corrected chi connectivity index (χ1v) is 7.95. The SMILES string of the molecule is Cc1cccc(N2C(=O)NC(=O)[C@H](C=NCc3ccc(F)cc3)C2=O)c1. The van der Waals surface area contributed by atoms with E-state index in [9.17, 15) is 18.8 Å². The minimum Gasteiger partial charge on any atom is -0.291 e. The number of barbiturate groups is 1. The van der Waals surface area contributed by atoms with Gasteiger partial charge in [-0.1, -0.05) is 24.3 Å². The molecular formula is C19H16FN3O3. The van der Waals surface area contributed by atoms with E-state index in [0.717, 1.165) is 16.0 Å². The fourth-order valence-corrected chi connectivity index (χ4v) is 2.59. The zero-order valence-corrected chi connectivity index (χ0v) is 14.0. The number of carbonyl (C=O) groups excluding carboxylic acids is 3. The first-order valence-electron chi connectivity index (χ1n) is 7.95. The zero-order valence-electron chi connectivity index (χ0n) is 14.0. The molecule has 1 fully saturated rings. The summed E-state index contributed by atoms with van der Waals surface area (Å²) in [6, 6.07) is 11.8. The van der Waals surface area contributed by atoms with Crippen LogP contribution in [0, 0.1) is 18.7 Å². The minimum atomic E-state index is -1.20. The number of hydrogen-bond donors (Lipinski definition) is 1. The second-order valence-electron chi connectivity index (χ2n) is 5.90. The van der Waals surface area contributed by atoms with Crippen molar-refractivity contribution in [1.82, 2.24) is 5.32 Å². The van der Waals surface area contributed by atoms with E-state index < -0.39 is 23.8 Å². The van der Waals surface area contributed by atoms with E-state index in [1.54, 1.807) is 30.3 Å². The summed E-state index contributed by atoms with van der Waals surface area (Å²) < 4.78 is 12.9. The number of rotatable bonds is 4. The van der Waals surface area contributed by atoms with Gasteiger partial charge in [-0.2, -0.15) is 0 Å². The molecular weight excluding hydrogens is 337 g/mol. The summed E-state index contributed by atoms with van der Waals surface area (Å²) in [7, 11) is 0. The fourth-order valence-electron chi connectivity index (χ4n) is 2.59. The number of nitrogens with one attached hydrogen (secondary N) is 1. The number of halogens is 1. The molecule has 132 valence electrons. The van der Waals surface area contributed by atoms with Gasteiger partial charge in [0.2, 0.25) is 5.91 Å². The van der Waals surface area contributed by atoms with Gasteiger partial charge in [-0.05, 0) is 42.3 Å². The van der Waals surface area contributed by atoms with Crippen LogP contribution in [0.5, 0.6) is 0 Å². The number of aliphatic imine (C=N–C) groups is 1. The van der Waals surface area contributed by atoms with Crippen molar-refractivity contribution in [3.63, 3.8) is 0 Å². The van der Waals surface area contributed by atoms with Crippen molar-refractivity contribution in [2.45, 2.75) is 13.5 Å². The van der Waals surface area contributed by atoms with Gasteiger partial charge in [0.05, 0.1) is 12.2 Å². The number of benzene rings is 2. The molecule has 0 unspecified atom stereocenters. The van der Waals surface area contributed by atoms with Gasteiger partial charge in [0.25, 0.3) is 5.91 Å². The number of carbonyl (C=O) groups is 3. The van der Waals surface area contributed by atoms with Crippen LogP contribution in [-0.2, 0) is 16.1 Å². The van der Waals surface area contributed by atoms with Crippen molar-refractivity contribution in [2.24, 2.45) is 10.9 Å². The van der Waals surface area contributed by atoms with Crippen molar-refractivity contribution < 1.29 is 18.8 Å². The van der Waals surface area contributed by atoms with Crippen molar-refractivity contribution in [3.8, 4) is 0 Å². The van der Waals surface area contributed by atoms with E-state index in [1.165, 1.54) is 18.3 Å². The van der Waals surface area contributed by atoms with Crippen LogP contribution in [0.2, 0.25) is 0 Å². The molecule has 4 amide bonds. The van der Waals surface area contributed by atoms with Crippen LogP contribution >= 0.6 is 0 Å². The molecule has 0 radical (unpaired) electrons. The molecule has 3 rings (SSSR count). The lowest BCUT2D eigenvalue weighted by Crippen LogP contribution is -2.58. The van der Waals surface area contributed by atoms with Crippen LogP contribution in [0.15, 0.2) is 53.5 Å². The van der Waals surface area contributed by atoms with Gasteiger partial charge in [0.1, 0.15) is 5.82 Å². The number of nitrogens with zero attached hydrogens (tertiary/aromatic N) is 2. The summed E-state index contributed by atoms with van der Waals surface area (Å²) in [6.45, 7) is 2.03. The lowest BCUT2D eigenvalue weighted by atomic mass is 10.1. The van der Waals surface area contributed by atoms with Gasteiger partial charge >= 0.3 is 6.03 Å². The Kier molecular flexibility index (Phi) is 4.88. The van der Waals surface area contributed by atoms with E-state index in [-0.39, 0.29) is 12.4 Å². The van der Waals surface area contributed by atoms with Gasteiger partial charge in [-0.15, -0.1) is 0 Å². The van der Waals surface area contributed by atoms with Crippen LogP contribution < -0.4 is 10.2 Å². The van der Waals surface area contributed by atoms with Crippen molar-refractivity contribution >= 4 is 29.7 Å². The summed E-state index contributed by atoms with van der Waals surface area (Å²) >= 11 is 0. The molecule has 2 aromatic rings. The molecule has 6 nitrogen and oxygen atoms in total. The molecule has 0 aliphatic carbocycles. The number of aryl methyl sites for hydroxylation is 1. The van der Waals surface area contributed by atoms with E-state index in [0.29, 0.717) is 5.69 Å². The zero-order chi connectivity index (χ0) is 18.7. The molecule has 1 aliphatic rings. The smallest absolute Gasteiger partial charge is 0.291 e. The number of anilines is 1. The third kappa shape index (κ3) is 3.66. The van der Waals surface area contributed by atoms with Gasteiger partial charge < -0.3 is 0 Å². The fraction of sp³-hybridized carbons (Fsp3) is 0.158. The number of hydrogen-bond acceptors (Lipinski definition) is 4. The Hall–Kier alpha value is -3.35. The first kappa shape index (κ1) is 17.5. The van der Waals surface area contributed by atoms with Crippen LogP contribution in [0.3, 0.4) is 0 Å². The van der Waals surface area contributed by atoms with Crippen molar-refractivity contribution in [3.05, 3.63) is 65.5 Å². The van der Waals surface area contributed by atoms with E-state index in [4.69, 9.17) is 0 Å². The standard InChI is InChI=1S/C19H16FN3O3/c1-12-3-2-4-15(9-12)23-18(25)16(17(24)22-19(23)26)11-21-10-13-5-7-14(20)8-6-13/h2-9,11,16H,10H2,1H3,(H,22,24,26)/t16-/m0/s1. The summed E-state index contributed by atoms with van der Waals surface area (Å²) in [6.07, 6.45) is 1.22. The highest BCUT2D eigenvalue weighted by Gasteiger charge is 2.40. The summed E-state index contributed by atoms with van der Waals surface area (Å²) in [5.41, 5.74) is 2.00. The van der Waals surface area contributed by atoms with E-state index in [2.05, 4.69) is 10.3 Å². The molecule has 2 aromatic carbocycles. The first-order chi connectivity index (χ1) is 12.5. The molecule has 1 heterocycles. The lowest BCUT2D eigenvalue weighted by Gasteiger charge is -2.28. The van der Waals surface area contributed by atoms with Crippen LogP contribution in [0.4, 0.5) is 14.9 Å². The average Bonchev–Trinajstić information content (AvgIpc) is 2.59. The second-order valence-corrected chi connectivity index (χ2v) is 5.90. The second kappa shape index (κ2) is 7.26. The minimum absolute atomic E-state index is 0.190. The molecule has 0 spiro atoms. The third-order valence-corrected chi connectivity index (χ3v) is 3.90. The molecule has 26 heavy (non-hydrogen) atoms. The topological polar surface area (TPSA) is 78.8 Å². The summed E-state index contributed by atoms with van der Waals surface area (Å²) in [4.78, 5) is 41.8.